The van der Waals surface area contributed by atoms with Gasteiger partial charge in [-0.1, -0.05) is 25.7 Å². The number of ether oxygens (including phenoxy) is 1. The van der Waals surface area contributed by atoms with E-state index in [1.54, 1.807) is 0 Å². The van der Waals surface area contributed by atoms with Gasteiger partial charge in [0.25, 0.3) is 0 Å². The van der Waals surface area contributed by atoms with Gasteiger partial charge in [0.15, 0.2) is 0 Å². The summed E-state index contributed by atoms with van der Waals surface area (Å²) < 4.78 is 5.98. The summed E-state index contributed by atoms with van der Waals surface area (Å²) >= 11 is 0. The van der Waals surface area contributed by atoms with Crippen molar-refractivity contribution in [3.8, 4) is 0 Å². The summed E-state index contributed by atoms with van der Waals surface area (Å²) in [5.74, 6) is 0.996. The van der Waals surface area contributed by atoms with Crippen molar-refractivity contribution in [2.45, 2.75) is 69.9 Å². The zero-order valence-electron chi connectivity index (χ0n) is 10.0. The standard InChI is InChI=1S/C13H25NO/c1-2-15-13(9-3-4-10-13)12(14)8-7-11-5-6-11/h11-12H,2-10,14H2,1H3. The Balaban J connectivity index is 1.84. The van der Waals surface area contributed by atoms with E-state index in [0.29, 0.717) is 0 Å². The van der Waals surface area contributed by atoms with Crippen LogP contribution in [0.25, 0.3) is 0 Å². The van der Waals surface area contributed by atoms with E-state index in [4.69, 9.17) is 10.5 Å². The third kappa shape index (κ3) is 2.73. The summed E-state index contributed by atoms with van der Waals surface area (Å²) in [7, 11) is 0. The van der Waals surface area contributed by atoms with Crippen molar-refractivity contribution >= 4 is 0 Å². The van der Waals surface area contributed by atoms with Crippen LogP contribution in [0.2, 0.25) is 0 Å². The molecule has 2 heteroatoms. The van der Waals surface area contributed by atoms with Crippen LogP contribution in [0.1, 0.15) is 58.3 Å². The molecule has 2 aliphatic rings. The first-order chi connectivity index (χ1) is 7.27. The molecule has 0 aromatic rings. The first-order valence-electron chi connectivity index (χ1n) is 6.66. The molecule has 2 aliphatic carbocycles. The molecule has 15 heavy (non-hydrogen) atoms. The fraction of sp³-hybridized carbons (Fsp3) is 1.00. The number of nitrogens with two attached hydrogens (primary N) is 1. The molecule has 0 bridgehead atoms. The highest BCUT2D eigenvalue weighted by atomic mass is 16.5. The summed E-state index contributed by atoms with van der Waals surface area (Å²) in [6.07, 6.45) is 10.4. The summed E-state index contributed by atoms with van der Waals surface area (Å²) in [5.41, 5.74) is 6.40. The highest BCUT2D eigenvalue weighted by Crippen LogP contribution is 2.39. The minimum Gasteiger partial charge on any atom is -0.374 e. The molecule has 0 aliphatic heterocycles. The van der Waals surface area contributed by atoms with Crippen molar-refractivity contribution in [2.75, 3.05) is 6.61 Å². The van der Waals surface area contributed by atoms with E-state index >= 15 is 0 Å². The Morgan fingerprint density at radius 1 is 1.33 bits per heavy atom. The average molecular weight is 211 g/mol. The van der Waals surface area contributed by atoms with Crippen molar-refractivity contribution < 1.29 is 4.74 Å². The summed E-state index contributed by atoms with van der Waals surface area (Å²) in [6.45, 7) is 2.91. The first kappa shape index (κ1) is 11.4. The lowest BCUT2D eigenvalue weighted by Crippen LogP contribution is -2.48. The molecule has 0 saturated heterocycles. The quantitative estimate of drug-likeness (QED) is 0.733. The van der Waals surface area contributed by atoms with Crippen LogP contribution >= 0.6 is 0 Å². The molecule has 2 saturated carbocycles. The third-order valence-corrected chi connectivity index (χ3v) is 4.14. The van der Waals surface area contributed by atoms with Gasteiger partial charge in [0.2, 0.25) is 0 Å². The topological polar surface area (TPSA) is 35.2 Å². The molecule has 0 spiro atoms. The van der Waals surface area contributed by atoms with Gasteiger partial charge >= 0.3 is 0 Å². The van der Waals surface area contributed by atoms with Crippen molar-refractivity contribution in [1.82, 2.24) is 0 Å². The zero-order chi connectivity index (χ0) is 10.7. The van der Waals surface area contributed by atoms with Crippen LogP contribution in [0.15, 0.2) is 0 Å². The smallest absolute Gasteiger partial charge is 0.0832 e. The molecular weight excluding hydrogens is 186 g/mol. The second-order valence-corrected chi connectivity index (χ2v) is 5.33. The van der Waals surface area contributed by atoms with Crippen LogP contribution in [0.5, 0.6) is 0 Å². The monoisotopic (exact) mass is 211 g/mol. The number of hydrogen-bond donors (Lipinski definition) is 1. The predicted molar refractivity (Wildman–Crippen MR) is 62.8 cm³/mol. The van der Waals surface area contributed by atoms with Crippen LogP contribution in [0.3, 0.4) is 0 Å². The van der Waals surface area contributed by atoms with Gasteiger partial charge in [-0.15, -0.1) is 0 Å². The molecule has 0 aromatic heterocycles. The predicted octanol–water partition coefficient (Wildman–Crippen LogP) is 2.85. The van der Waals surface area contributed by atoms with E-state index in [2.05, 4.69) is 6.92 Å². The van der Waals surface area contributed by atoms with Gasteiger partial charge in [-0.3, -0.25) is 0 Å². The summed E-state index contributed by atoms with van der Waals surface area (Å²) in [4.78, 5) is 0. The maximum Gasteiger partial charge on any atom is 0.0832 e. The van der Waals surface area contributed by atoms with Crippen molar-refractivity contribution in [3.63, 3.8) is 0 Å². The van der Waals surface area contributed by atoms with Crippen LogP contribution in [0.4, 0.5) is 0 Å². The SMILES string of the molecule is CCOC1(C(N)CCC2CC2)CCCC1. The van der Waals surface area contributed by atoms with E-state index in [0.717, 1.165) is 12.5 Å². The fourth-order valence-electron chi connectivity index (χ4n) is 2.97. The van der Waals surface area contributed by atoms with Gasteiger partial charge in [-0.2, -0.15) is 0 Å². The lowest BCUT2D eigenvalue weighted by atomic mass is 9.88. The Labute approximate surface area is 93.6 Å². The maximum absolute atomic E-state index is 6.35. The molecule has 1 unspecified atom stereocenters. The van der Waals surface area contributed by atoms with Crippen molar-refractivity contribution in [2.24, 2.45) is 11.7 Å². The van der Waals surface area contributed by atoms with Crippen LogP contribution in [-0.4, -0.2) is 18.2 Å². The fourth-order valence-corrected chi connectivity index (χ4v) is 2.97. The van der Waals surface area contributed by atoms with E-state index in [1.165, 1.54) is 51.4 Å². The maximum atomic E-state index is 6.35. The van der Waals surface area contributed by atoms with E-state index in [9.17, 15) is 0 Å². The molecule has 2 N–H and O–H groups in total. The first-order valence-corrected chi connectivity index (χ1v) is 6.66. The Morgan fingerprint density at radius 3 is 2.53 bits per heavy atom. The summed E-state index contributed by atoms with van der Waals surface area (Å²) in [5, 5.41) is 0. The largest absolute Gasteiger partial charge is 0.374 e. The molecule has 2 rings (SSSR count). The van der Waals surface area contributed by atoms with Crippen LogP contribution in [-0.2, 0) is 4.74 Å². The van der Waals surface area contributed by atoms with Gasteiger partial charge < -0.3 is 10.5 Å². The summed E-state index contributed by atoms with van der Waals surface area (Å²) in [6, 6.07) is 0.278. The molecule has 0 radical (unpaired) electrons. The van der Waals surface area contributed by atoms with Crippen LogP contribution in [0, 0.1) is 5.92 Å². The lowest BCUT2D eigenvalue weighted by Gasteiger charge is -2.35. The molecule has 0 aromatic carbocycles. The van der Waals surface area contributed by atoms with Crippen LogP contribution < -0.4 is 5.73 Å². The second kappa shape index (κ2) is 4.84. The van der Waals surface area contributed by atoms with Gasteiger partial charge in [-0.05, 0) is 38.5 Å². The normalized spacial score (nSPS) is 26.8. The van der Waals surface area contributed by atoms with Crippen molar-refractivity contribution in [1.29, 1.82) is 0 Å². The Bertz CT molecular complexity index is 195. The van der Waals surface area contributed by atoms with Gasteiger partial charge in [0.1, 0.15) is 0 Å². The lowest BCUT2D eigenvalue weighted by molar-refractivity contribution is -0.0548. The van der Waals surface area contributed by atoms with E-state index < -0.39 is 0 Å². The third-order valence-electron chi connectivity index (χ3n) is 4.14. The number of rotatable bonds is 6. The average Bonchev–Trinajstić information content (AvgIpc) is 2.94. The Kier molecular flexibility index (Phi) is 3.68. The zero-order valence-corrected chi connectivity index (χ0v) is 10.0. The highest BCUT2D eigenvalue weighted by Gasteiger charge is 2.40. The van der Waals surface area contributed by atoms with E-state index in [-0.39, 0.29) is 11.6 Å². The molecule has 0 amide bonds. The number of hydrogen-bond acceptors (Lipinski definition) is 2. The Morgan fingerprint density at radius 2 is 2.00 bits per heavy atom. The minimum absolute atomic E-state index is 0.0453. The van der Waals surface area contributed by atoms with Crippen molar-refractivity contribution in [3.05, 3.63) is 0 Å². The molecule has 2 fully saturated rings. The second-order valence-electron chi connectivity index (χ2n) is 5.33. The molecule has 88 valence electrons. The van der Waals surface area contributed by atoms with Gasteiger partial charge in [0.05, 0.1) is 5.60 Å². The van der Waals surface area contributed by atoms with Gasteiger partial charge in [0, 0.05) is 12.6 Å². The highest BCUT2D eigenvalue weighted by molar-refractivity contribution is 4.96. The molecule has 1 atom stereocenters. The van der Waals surface area contributed by atoms with E-state index in [1.807, 2.05) is 0 Å². The molecule has 0 heterocycles. The molecular formula is C13H25NO. The van der Waals surface area contributed by atoms with Gasteiger partial charge in [-0.25, -0.2) is 0 Å². The molecule has 2 nitrogen and oxygen atoms in total. The Hall–Kier alpha value is -0.0800. The minimum atomic E-state index is 0.0453.